The lowest BCUT2D eigenvalue weighted by Gasteiger charge is -2.26. The molecule has 0 bridgehead atoms. The first-order chi connectivity index (χ1) is 10.0. The Labute approximate surface area is 125 Å². The molecule has 0 atom stereocenters. The van der Waals surface area contributed by atoms with Crippen LogP contribution in [0.4, 0.5) is 10.1 Å². The average molecular weight is 285 g/mol. The molecule has 0 radical (unpaired) electrons. The highest BCUT2D eigenvalue weighted by atomic mass is 19.1. The van der Waals surface area contributed by atoms with Crippen molar-refractivity contribution < 1.29 is 9.18 Å². The van der Waals surface area contributed by atoms with E-state index in [0.29, 0.717) is 17.7 Å². The van der Waals surface area contributed by atoms with Gasteiger partial charge in [0, 0.05) is 24.3 Å². The van der Waals surface area contributed by atoms with E-state index in [1.807, 2.05) is 37.3 Å². The Morgan fingerprint density at radius 1 is 1.19 bits per heavy atom. The molecule has 0 amide bonds. The third kappa shape index (κ3) is 3.48. The van der Waals surface area contributed by atoms with E-state index in [1.165, 1.54) is 13.0 Å². The van der Waals surface area contributed by atoms with Gasteiger partial charge in [0.1, 0.15) is 5.82 Å². The van der Waals surface area contributed by atoms with Gasteiger partial charge in [-0.25, -0.2) is 4.39 Å². The highest BCUT2D eigenvalue weighted by molar-refractivity contribution is 5.99. The molecule has 0 saturated carbocycles. The first kappa shape index (κ1) is 15.2. The minimum absolute atomic E-state index is 0.115. The summed E-state index contributed by atoms with van der Waals surface area (Å²) in [4.78, 5) is 13.9. The normalized spacial score (nSPS) is 10.5. The van der Waals surface area contributed by atoms with E-state index < -0.39 is 0 Å². The minimum Gasteiger partial charge on any atom is -0.367 e. The first-order valence-corrected chi connectivity index (χ1v) is 7.13. The maximum Gasteiger partial charge on any atom is 0.161 e. The molecule has 0 aliphatic rings. The van der Waals surface area contributed by atoms with Gasteiger partial charge >= 0.3 is 0 Å². The van der Waals surface area contributed by atoms with Crippen LogP contribution in [0.1, 0.15) is 35.3 Å². The summed E-state index contributed by atoms with van der Waals surface area (Å²) in [6.07, 6.45) is 0. The number of carbonyl (C=O) groups excluding carboxylic acids is 1. The molecule has 0 spiro atoms. The van der Waals surface area contributed by atoms with Crippen LogP contribution in [0.3, 0.4) is 0 Å². The van der Waals surface area contributed by atoms with E-state index in [9.17, 15) is 9.18 Å². The van der Waals surface area contributed by atoms with Crippen molar-refractivity contribution in [2.75, 3.05) is 11.4 Å². The molecule has 0 aromatic heterocycles. The van der Waals surface area contributed by atoms with Gasteiger partial charge in [0.15, 0.2) is 5.78 Å². The Morgan fingerprint density at radius 2 is 1.86 bits per heavy atom. The molecule has 0 unspecified atom stereocenters. The number of ketones is 1. The number of hydrogen-bond acceptors (Lipinski definition) is 2. The van der Waals surface area contributed by atoms with Crippen molar-refractivity contribution in [3.63, 3.8) is 0 Å². The third-order valence-corrected chi connectivity index (χ3v) is 3.59. The van der Waals surface area contributed by atoms with Crippen LogP contribution in [0.25, 0.3) is 0 Å². The second-order valence-corrected chi connectivity index (χ2v) is 5.17. The molecule has 110 valence electrons. The molecule has 0 heterocycles. The number of halogens is 1. The van der Waals surface area contributed by atoms with Crippen molar-refractivity contribution >= 4 is 11.5 Å². The van der Waals surface area contributed by atoms with Crippen molar-refractivity contribution in [1.82, 2.24) is 0 Å². The molecule has 2 nitrogen and oxygen atoms in total. The zero-order chi connectivity index (χ0) is 15.4. The molecule has 0 N–H and O–H groups in total. The maximum absolute atomic E-state index is 13.7. The van der Waals surface area contributed by atoms with Gasteiger partial charge in [0.25, 0.3) is 0 Å². The van der Waals surface area contributed by atoms with Gasteiger partial charge in [0.05, 0.1) is 0 Å². The molecule has 0 saturated heterocycles. The van der Waals surface area contributed by atoms with E-state index in [4.69, 9.17) is 0 Å². The quantitative estimate of drug-likeness (QED) is 0.761. The summed E-state index contributed by atoms with van der Waals surface area (Å²) < 4.78 is 13.7. The van der Waals surface area contributed by atoms with Crippen molar-refractivity contribution in [1.29, 1.82) is 0 Å². The minimum atomic E-state index is -0.334. The predicted molar refractivity (Wildman–Crippen MR) is 84.3 cm³/mol. The fourth-order valence-corrected chi connectivity index (χ4v) is 2.38. The Kier molecular flexibility index (Phi) is 4.73. The van der Waals surface area contributed by atoms with Crippen molar-refractivity contribution in [3.8, 4) is 0 Å². The Bertz CT molecular complexity index is 637. The SMILES string of the molecule is CCN(Cc1ccccc1)c1cc(C)c(F)cc1C(C)=O. The highest BCUT2D eigenvalue weighted by Gasteiger charge is 2.16. The molecule has 0 fully saturated rings. The summed E-state index contributed by atoms with van der Waals surface area (Å²) in [5.41, 5.74) is 2.96. The second-order valence-electron chi connectivity index (χ2n) is 5.17. The van der Waals surface area contributed by atoms with Gasteiger partial charge in [-0.1, -0.05) is 30.3 Å². The zero-order valence-electron chi connectivity index (χ0n) is 12.7. The molecule has 2 aromatic rings. The van der Waals surface area contributed by atoms with Gasteiger partial charge < -0.3 is 4.90 Å². The fourth-order valence-electron chi connectivity index (χ4n) is 2.38. The van der Waals surface area contributed by atoms with Crippen molar-refractivity contribution in [3.05, 3.63) is 65.0 Å². The number of nitrogens with zero attached hydrogens (tertiary/aromatic N) is 1. The van der Waals surface area contributed by atoms with Crippen LogP contribution in [0, 0.1) is 12.7 Å². The Balaban J connectivity index is 2.42. The summed E-state index contributed by atoms with van der Waals surface area (Å²) in [6, 6.07) is 13.2. The summed E-state index contributed by atoms with van der Waals surface area (Å²) >= 11 is 0. The van der Waals surface area contributed by atoms with E-state index >= 15 is 0 Å². The number of rotatable bonds is 5. The van der Waals surface area contributed by atoms with Gasteiger partial charge in [-0.05, 0) is 44.0 Å². The van der Waals surface area contributed by atoms with Gasteiger partial charge in [-0.15, -0.1) is 0 Å². The smallest absolute Gasteiger partial charge is 0.161 e. The van der Waals surface area contributed by atoms with Crippen LogP contribution < -0.4 is 4.90 Å². The lowest BCUT2D eigenvalue weighted by atomic mass is 10.0. The van der Waals surface area contributed by atoms with Crippen LogP contribution in [0.2, 0.25) is 0 Å². The predicted octanol–water partition coefficient (Wildman–Crippen LogP) is 4.36. The molecule has 2 aromatic carbocycles. The maximum atomic E-state index is 13.7. The zero-order valence-corrected chi connectivity index (χ0v) is 12.7. The fraction of sp³-hybridized carbons (Fsp3) is 0.278. The summed E-state index contributed by atoms with van der Waals surface area (Å²) in [7, 11) is 0. The third-order valence-electron chi connectivity index (χ3n) is 3.59. The number of anilines is 1. The number of benzene rings is 2. The van der Waals surface area contributed by atoms with E-state index in [-0.39, 0.29) is 11.6 Å². The molecular weight excluding hydrogens is 265 g/mol. The lowest BCUT2D eigenvalue weighted by molar-refractivity contribution is 0.101. The largest absolute Gasteiger partial charge is 0.367 e. The number of hydrogen-bond donors (Lipinski definition) is 0. The number of Topliss-reactive ketones (excluding diaryl/α,β-unsaturated/α-hetero) is 1. The number of carbonyl (C=O) groups is 1. The summed E-state index contributed by atoms with van der Waals surface area (Å²) in [5, 5.41) is 0. The van der Waals surface area contributed by atoms with E-state index in [1.54, 1.807) is 13.0 Å². The van der Waals surface area contributed by atoms with Gasteiger partial charge in [0.2, 0.25) is 0 Å². The molecular formula is C18H20FNO. The Hall–Kier alpha value is -2.16. The summed E-state index contributed by atoms with van der Waals surface area (Å²) in [6.45, 7) is 6.68. The van der Waals surface area contributed by atoms with Crippen molar-refractivity contribution in [2.24, 2.45) is 0 Å². The summed E-state index contributed by atoms with van der Waals surface area (Å²) in [5.74, 6) is -0.449. The standard InChI is InChI=1S/C18H20FNO/c1-4-20(12-15-8-6-5-7-9-15)18-10-13(2)17(19)11-16(18)14(3)21/h5-11H,4,12H2,1-3H3. The molecule has 0 aliphatic carbocycles. The highest BCUT2D eigenvalue weighted by Crippen LogP contribution is 2.26. The van der Waals surface area contributed by atoms with Crippen LogP contribution in [0.15, 0.2) is 42.5 Å². The first-order valence-electron chi connectivity index (χ1n) is 7.13. The van der Waals surface area contributed by atoms with Crippen LogP contribution >= 0.6 is 0 Å². The topological polar surface area (TPSA) is 20.3 Å². The lowest BCUT2D eigenvalue weighted by Crippen LogP contribution is -2.24. The van der Waals surface area contributed by atoms with Gasteiger partial charge in [-0.3, -0.25) is 4.79 Å². The molecule has 3 heteroatoms. The Morgan fingerprint density at radius 3 is 2.43 bits per heavy atom. The van der Waals surface area contributed by atoms with Crippen LogP contribution in [-0.2, 0) is 6.54 Å². The van der Waals surface area contributed by atoms with Crippen LogP contribution in [-0.4, -0.2) is 12.3 Å². The second kappa shape index (κ2) is 6.53. The van der Waals surface area contributed by atoms with E-state index in [2.05, 4.69) is 4.90 Å². The van der Waals surface area contributed by atoms with Gasteiger partial charge in [-0.2, -0.15) is 0 Å². The van der Waals surface area contributed by atoms with E-state index in [0.717, 1.165) is 17.8 Å². The number of aryl methyl sites for hydroxylation is 1. The monoisotopic (exact) mass is 285 g/mol. The average Bonchev–Trinajstić information content (AvgIpc) is 2.48. The molecule has 0 aliphatic heterocycles. The molecule has 21 heavy (non-hydrogen) atoms. The van der Waals surface area contributed by atoms with Crippen molar-refractivity contribution in [2.45, 2.75) is 27.3 Å². The molecule has 2 rings (SSSR count). The van der Waals surface area contributed by atoms with Crippen LogP contribution in [0.5, 0.6) is 0 Å².